The summed E-state index contributed by atoms with van der Waals surface area (Å²) in [6.45, 7) is 4.32. The molecule has 0 saturated carbocycles. The van der Waals surface area contributed by atoms with Crippen molar-refractivity contribution in [1.29, 1.82) is 0 Å². The number of aliphatic hydroxyl groups excluding tert-OH is 1. The summed E-state index contributed by atoms with van der Waals surface area (Å²) in [6.07, 6.45) is 2.58. The minimum absolute atomic E-state index is 0.0554. The van der Waals surface area contributed by atoms with E-state index in [1.54, 1.807) is 0 Å². The summed E-state index contributed by atoms with van der Waals surface area (Å²) in [6, 6.07) is 5.48. The van der Waals surface area contributed by atoms with Gasteiger partial charge < -0.3 is 15.2 Å². The Labute approximate surface area is 133 Å². The van der Waals surface area contributed by atoms with Gasteiger partial charge in [0.2, 0.25) is 0 Å². The lowest BCUT2D eigenvalue weighted by atomic mass is 10.0. The Kier molecular flexibility index (Phi) is 5.42. The zero-order valence-electron chi connectivity index (χ0n) is 12.2. The Bertz CT molecular complexity index is 554. The van der Waals surface area contributed by atoms with Crippen LogP contribution < -0.4 is 10.1 Å². The first-order valence-corrected chi connectivity index (χ1v) is 7.83. The number of nitrogens with one attached hydrogen (secondary N) is 1. The van der Waals surface area contributed by atoms with Crippen LogP contribution in [0.4, 0.5) is 0 Å². The molecule has 114 valence electrons. The number of benzene rings is 1. The first kappa shape index (κ1) is 16.0. The highest BCUT2D eigenvalue weighted by molar-refractivity contribution is 9.10. The van der Waals surface area contributed by atoms with Gasteiger partial charge in [0.1, 0.15) is 12.4 Å². The van der Waals surface area contributed by atoms with E-state index in [1.807, 2.05) is 24.3 Å². The minimum Gasteiger partial charge on any atom is -0.488 e. The van der Waals surface area contributed by atoms with Gasteiger partial charge in [0.15, 0.2) is 0 Å². The molecule has 0 spiro atoms. The number of amides is 1. The molecule has 1 unspecified atom stereocenters. The standard InChI is InChI=1S/C16H20BrNO3/c1-10(2)5-14(8-19)18-16(20)12-6-11-7-13(17)3-4-15(11)21-9-12/h3-4,6-7,10,14,19H,5,8-9H2,1-2H3,(H,18,20). The molecule has 0 radical (unpaired) electrons. The lowest BCUT2D eigenvalue weighted by molar-refractivity contribution is -0.118. The second-order valence-electron chi connectivity index (χ2n) is 5.62. The molecular formula is C16H20BrNO3. The SMILES string of the molecule is CC(C)CC(CO)NC(=O)C1=Cc2cc(Br)ccc2OC1. The molecule has 1 atom stereocenters. The smallest absolute Gasteiger partial charge is 0.250 e. The molecule has 0 aromatic heterocycles. The molecular weight excluding hydrogens is 334 g/mol. The van der Waals surface area contributed by atoms with Crippen LogP contribution in [0.1, 0.15) is 25.8 Å². The molecule has 1 aromatic carbocycles. The molecule has 0 saturated heterocycles. The van der Waals surface area contributed by atoms with Crippen molar-refractivity contribution >= 4 is 27.9 Å². The molecule has 2 rings (SSSR count). The zero-order valence-corrected chi connectivity index (χ0v) is 13.8. The molecule has 1 amide bonds. The highest BCUT2D eigenvalue weighted by Gasteiger charge is 2.20. The molecule has 0 aliphatic carbocycles. The first-order valence-electron chi connectivity index (χ1n) is 7.04. The van der Waals surface area contributed by atoms with Crippen LogP contribution in [-0.4, -0.2) is 30.3 Å². The van der Waals surface area contributed by atoms with Gasteiger partial charge in [-0.05, 0) is 36.6 Å². The fourth-order valence-corrected chi connectivity index (χ4v) is 2.68. The van der Waals surface area contributed by atoms with E-state index >= 15 is 0 Å². The van der Waals surface area contributed by atoms with Crippen molar-refractivity contribution in [3.8, 4) is 5.75 Å². The maximum Gasteiger partial charge on any atom is 0.250 e. The third-order valence-electron chi connectivity index (χ3n) is 3.29. The van der Waals surface area contributed by atoms with Crippen LogP contribution in [0.2, 0.25) is 0 Å². The molecule has 0 fully saturated rings. The van der Waals surface area contributed by atoms with Gasteiger partial charge in [-0.25, -0.2) is 0 Å². The number of aliphatic hydroxyl groups is 1. The number of carbonyl (C=O) groups is 1. The topological polar surface area (TPSA) is 58.6 Å². The highest BCUT2D eigenvalue weighted by atomic mass is 79.9. The Morgan fingerprint density at radius 3 is 2.90 bits per heavy atom. The average molecular weight is 354 g/mol. The highest BCUT2D eigenvalue weighted by Crippen LogP contribution is 2.29. The molecule has 5 heteroatoms. The molecule has 2 N–H and O–H groups in total. The van der Waals surface area contributed by atoms with Crippen molar-refractivity contribution in [2.45, 2.75) is 26.3 Å². The van der Waals surface area contributed by atoms with Gasteiger partial charge in [-0.1, -0.05) is 29.8 Å². The van der Waals surface area contributed by atoms with Gasteiger partial charge in [0, 0.05) is 10.0 Å². The van der Waals surface area contributed by atoms with Gasteiger partial charge in [-0.15, -0.1) is 0 Å². The van der Waals surface area contributed by atoms with E-state index in [2.05, 4.69) is 35.1 Å². The number of halogens is 1. The second-order valence-corrected chi connectivity index (χ2v) is 6.54. The van der Waals surface area contributed by atoms with Gasteiger partial charge in [-0.3, -0.25) is 4.79 Å². The number of hydrogen-bond acceptors (Lipinski definition) is 3. The Morgan fingerprint density at radius 2 is 2.24 bits per heavy atom. The summed E-state index contributed by atoms with van der Waals surface area (Å²) in [5.41, 5.74) is 1.45. The first-order chi connectivity index (χ1) is 9.99. The van der Waals surface area contributed by atoms with Crippen molar-refractivity contribution < 1.29 is 14.6 Å². The maximum absolute atomic E-state index is 12.3. The van der Waals surface area contributed by atoms with Crippen LogP contribution in [0, 0.1) is 5.92 Å². The van der Waals surface area contributed by atoms with Crippen LogP contribution >= 0.6 is 15.9 Å². The van der Waals surface area contributed by atoms with E-state index in [0.29, 0.717) is 11.5 Å². The maximum atomic E-state index is 12.3. The predicted octanol–water partition coefficient (Wildman–Crippen LogP) is 2.75. The summed E-state index contributed by atoms with van der Waals surface area (Å²) in [5.74, 6) is 1.01. The van der Waals surface area contributed by atoms with Crippen molar-refractivity contribution in [3.63, 3.8) is 0 Å². The van der Waals surface area contributed by atoms with Crippen LogP contribution in [0.25, 0.3) is 6.08 Å². The lowest BCUT2D eigenvalue weighted by Gasteiger charge is -2.22. The van der Waals surface area contributed by atoms with Crippen LogP contribution in [0.3, 0.4) is 0 Å². The van der Waals surface area contributed by atoms with E-state index in [9.17, 15) is 9.90 Å². The average Bonchev–Trinajstić information content (AvgIpc) is 2.45. The molecule has 4 nitrogen and oxygen atoms in total. The summed E-state index contributed by atoms with van der Waals surface area (Å²) >= 11 is 3.41. The third-order valence-corrected chi connectivity index (χ3v) is 3.78. The molecule has 1 aromatic rings. The van der Waals surface area contributed by atoms with E-state index < -0.39 is 0 Å². The fraction of sp³-hybridized carbons (Fsp3) is 0.438. The van der Waals surface area contributed by atoms with Crippen molar-refractivity contribution in [2.75, 3.05) is 13.2 Å². The van der Waals surface area contributed by atoms with Crippen molar-refractivity contribution in [3.05, 3.63) is 33.8 Å². The normalized spacial score (nSPS) is 15.0. The Balaban J connectivity index is 2.09. The number of fused-ring (bicyclic) bond motifs is 1. The van der Waals surface area contributed by atoms with Crippen LogP contribution in [-0.2, 0) is 4.79 Å². The van der Waals surface area contributed by atoms with E-state index in [0.717, 1.165) is 22.2 Å². The number of hydrogen-bond donors (Lipinski definition) is 2. The second kappa shape index (κ2) is 7.09. The molecule has 0 bridgehead atoms. The molecule has 21 heavy (non-hydrogen) atoms. The quantitative estimate of drug-likeness (QED) is 0.855. The summed E-state index contributed by atoms with van der Waals surface area (Å²) in [4.78, 5) is 12.3. The van der Waals surface area contributed by atoms with Gasteiger partial charge >= 0.3 is 0 Å². The third kappa shape index (κ3) is 4.32. The van der Waals surface area contributed by atoms with E-state index in [1.165, 1.54) is 0 Å². The summed E-state index contributed by atoms with van der Waals surface area (Å²) in [7, 11) is 0. The fourth-order valence-electron chi connectivity index (χ4n) is 2.31. The van der Waals surface area contributed by atoms with Crippen LogP contribution in [0.5, 0.6) is 5.75 Å². The number of rotatable bonds is 5. The molecule has 1 aliphatic heterocycles. The number of ether oxygens (including phenoxy) is 1. The van der Waals surface area contributed by atoms with Gasteiger partial charge in [0.05, 0.1) is 18.2 Å². The summed E-state index contributed by atoms with van der Waals surface area (Å²) in [5, 5.41) is 12.2. The van der Waals surface area contributed by atoms with E-state index in [-0.39, 0.29) is 25.2 Å². The van der Waals surface area contributed by atoms with E-state index in [4.69, 9.17) is 4.74 Å². The van der Waals surface area contributed by atoms with Gasteiger partial charge in [-0.2, -0.15) is 0 Å². The van der Waals surface area contributed by atoms with Crippen LogP contribution in [0.15, 0.2) is 28.2 Å². The predicted molar refractivity (Wildman–Crippen MR) is 86.1 cm³/mol. The monoisotopic (exact) mass is 353 g/mol. The lowest BCUT2D eigenvalue weighted by Crippen LogP contribution is -2.40. The Hall–Kier alpha value is -1.33. The van der Waals surface area contributed by atoms with Crippen molar-refractivity contribution in [1.82, 2.24) is 5.32 Å². The number of carbonyl (C=O) groups excluding carboxylic acids is 1. The van der Waals surface area contributed by atoms with Crippen molar-refractivity contribution in [2.24, 2.45) is 5.92 Å². The molecule has 1 aliphatic rings. The van der Waals surface area contributed by atoms with Gasteiger partial charge in [0.25, 0.3) is 5.91 Å². The zero-order chi connectivity index (χ0) is 15.4. The Morgan fingerprint density at radius 1 is 1.48 bits per heavy atom. The summed E-state index contributed by atoms with van der Waals surface area (Å²) < 4.78 is 6.54. The minimum atomic E-state index is -0.220. The largest absolute Gasteiger partial charge is 0.488 e. The molecule has 1 heterocycles.